The number of nitrogens with zero attached hydrogens (tertiary/aromatic N) is 2. The number of hydrogen-bond acceptors (Lipinski definition) is 5. The fourth-order valence-corrected chi connectivity index (χ4v) is 2.71. The van der Waals surface area contributed by atoms with Gasteiger partial charge >= 0.3 is 0 Å². The lowest BCUT2D eigenvalue weighted by molar-refractivity contribution is 0.0953. The molecule has 0 bridgehead atoms. The predicted molar refractivity (Wildman–Crippen MR) is 102 cm³/mol. The van der Waals surface area contributed by atoms with Crippen molar-refractivity contribution in [2.45, 2.75) is 12.8 Å². The average Bonchev–Trinajstić information content (AvgIpc) is 3.32. The van der Waals surface area contributed by atoms with Crippen LogP contribution in [0.3, 0.4) is 0 Å². The number of ether oxygens (including phenoxy) is 1. The molecular weight excluding hydrogens is 346 g/mol. The minimum Gasteiger partial charge on any atom is -0.491 e. The number of carbonyl (C=O) groups is 2. The molecule has 1 aromatic carbocycles. The van der Waals surface area contributed by atoms with Gasteiger partial charge in [-0.2, -0.15) is 5.10 Å². The minimum absolute atomic E-state index is 0.166. The van der Waals surface area contributed by atoms with Gasteiger partial charge in [0.05, 0.1) is 6.61 Å². The average molecular weight is 369 g/mol. The highest BCUT2D eigenvalue weighted by Gasteiger charge is 2.18. The van der Waals surface area contributed by atoms with Gasteiger partial charge in [0.15, 0.2) is 5.69 Å². The van der Waals surface area contributed by atoms with Crippen molar-refractivity contribution in [3.8, 4) is 0 Å². The van der Waals surface area contributed by atoms with Crippen LogP contribution >= 0.6 is 0 Å². The fraction of sp³-hybridized carbons (Fsp3) is 0.316. The van der Waals surface area contributed by atoms with Crippen LogP contribution in [0.2, 0.25) is 0 Å². The van der Waals surface area contributed by atoms with Gasteiger partial charge in [0.1, 0.15) is 11.5 Å². The molecule has 2 amide bonds. The van der Waals surface area contributed by atoms with Crippen molar-refractivity contribution in [3.05, 3.63) is 53.4 Å². The highest BCUT2D eigenvalue weighted by molar-refractivity contribution is 6.03. The van der Waals surface area contributed by atoms with Crippen LogP contribution in [0.4, 0.5) is 5.69 Å². The lowest BCUT2D eigenvalue weighted by Crippen LogP contribution is -2.25. The molecule has 8 heteroatoms. The molecule has 0 spiro atoms. The Hall–Kier alpha value is -3.13. The number of amides is 2. The Labute approximate surface area is 157 Å². The molecule has 0 unspecified atom stereocenters. The third kappa shape index (κ3) is 4.53. The molecule has 3 rings (SSSR count). The van der Waals surface area contributed by atoms with Gasteiger partial charge in [-0.3, -0.25) is 14.3 Å². The summed E-state index contributed by atoms with van der Waals surface area (Å²) in [5, 5.41) is 9.82. The van der Waals surface area contributed by atoms with Gasteiger partial charge in [0.25, 0.3) is 11.8 Å². The maximum absolute atomic E-state index is 12.4. The van der Waals surface area contributed by atoms with Crippen LogP contribution in [0.25, 0.3) is 5.76 Å². The minimum atomic E-state index is -0.324. The third-order valence-electron chi connectivity index (χ3n) is 4.14. The van der Waals surface area contributed by atoms with E-state index in [1.807, 2.05) is 6.08 Å². The molecule has 1 aromatic heterocycles. The first-order valence-corrected chi connectivity index (χ1v) is 8.85. The van der Waals surface area contributed by atoms with Crippen molar-refractivity contribution < 1.29 is 14.3 Å². The number of benzene rings is 1. The first-order chi connectivity index (χ1) is 13.1. The second kappa shape index (κ2) is 8.50. The molecule has 0 radical (unpaired) electrons. The zero-order chi connectivity index (χ0) is 19.2. The summed E-state index contributed by atoms with van der Waals surface area (Å²) in [6.07, 6.45) is 3.57. The Morgan fingerprint density at radius 3 is 2.70 bits per heavy atom. The summed E-state index contributed by atoms with van der Waals surface area (Å²) in [5.74, 6) is 0.255. The highest BCUT2D eigenvalue weighted by Crippen LogP contribution is 2.22. The smallest absolute Gasteiger partial charge is 0.276 e. The van der Waals surface area contributed by atoms with Gasteiger partial charge in [-0.1, -0.05) is 0 Å². The van der Waals surface area contributed by atoms with Crippen LogP contribution in [0.5, 0.6) is 0 Å². The first kappa shape index (κ1) is 18.7. The number of anilines is 1. The van der Waals surface area contributed by atoms with Gasteiger partial charge in [0, 0.05) is 37.3 Å². The largest absolute Gasteiger partial charge is 0.491 e. The Morgan fingerprint density at radius 1 is 1.26 bits per heavy atom. The van der Waals surface area contributed by atoms with Gasteiger partial charge in [-0.15, -0.1) is 0 Å². The molecule has 8 nitrogen and oxygen atoms in total. The number of nitrogens with one attached hydrogen (secondary N) is 2. The van der Waals surface area contributed by atoms with Crippen LogP contribution in [0.1, 0.15) is 39.4 Å². The molecule has 2 heterocycles. The van der Waals surface area contributed by atoms with E-state index >= 15 is 0 Å². The molecule has 2 aromatic rings. The SMILES string of the molecule is Cn1nc(C(=O)Nc2ccc(C(=O)NCCCN)cc2)cc1C1=CCCO1. The van der Waals surface area contributed by atoms with E-state index in [4.69, 9.17) is 10.5 Å². The van der Waals surface area contributed by atoms with Gasteiger partial charge in [-0.25, -0.2) is 0 Å². The van der Waals surface area contributed by atoms with Crippen LogP contribution in [0.15, 0.2) is 36.4 Å². The van der Waals surface area contributed by atoms with E-state index in [-0.39, 0.29) is 11.8 Å². The molecule has 0 saturated carbocycles. The molecule has 0 saturated heterocycles. The number of hydrogen-bond donors (Lipinski definition) is 3. The second-order valence-electron chi connectivity index (χ2n) is 6.17. The summed E-state index contributed by atoms with van der Waals surface area (Å²) in [5.41, 5.74) is 7.58. The monoisotopic (exact) mass is 369 g/mol. The fourth-order valence-electron chi connectivity index (χ4n) is 2.71. The maximum atomic E-state index is 12.4. The molecule has 1 aliphatic heterocycles. The molecule has 0 fully saturated rings. The van der Waals surface area contributed by atoms with Crippen LogP contribution < -0.4 is 16.4 Å². The Bertz CT molecular complexity index is 855. The molecule has 4 N–H and O–H groups in total. The quantitative estimate of drug-likeness (QED) is 0.641. The number of carbonyl (C=O) groups excluding carboxylic acids is 2. The Morgan fingerprint density at radius 2 is 2.04 bits per heavy atom. The van der Waals surface area contributed by atoms with E-state index in [9.17, 15) is 9.59 Å². The summed E-state index contributed by atoms with van der Waals surface area (Å²) < 4.78 is 7.15. The molecule has 1 aliphatic rings. The van der Waals surface area contributed by atoms with Crippen molar-refractivity contribution in [3.63, 3.8) is 0 Å². The van der Waals surface area contributed by atoms with E-state index < -0.39 is 0 Å². The molecule has 0 aliphatic carbocycles. The van der Waals surface area contributed by atoms with Gasteiger partial charge < -0.3 is 21.1 Å². The second-order valence-corrected chi connectivity index (χ2v) is 6.17. The standard InChI is InChI=1S/C19H23N5O3/c1-24-16(17-4-2-11-27-17)12-15(23-24)19(26)22-14-7-5-13(6-8-14)18(25)21-10-3-9-20/h4-8,12H,2-3,9-11,20H2,1H3,(H,21,25)(H,22,26). The number of aryl methyl sites for hydroxylation is 1. The summed E-state index contributed by atoms with van der Waals surface area (Å²) in [6.45, 7) is 1.72. The molecule has 142 valence electrons. The van der Waals surface area contributed by atoms with Crippen LogP contribution in [0, 0.1) is 0 Å². The third-order valence-corrected chi connectivity index (χ3v) is 4.14. The molecule has 0 atom stereocenters. The lowest BCUT2D eigenvalue weighted by atomic mass is 10.2. The van der Waals surface area contributed by atoms with Crippen molar-refractivity contribution in [2.24, 2.45) is 12.8 Å². The van der Waals surface area contributed by atoms with Gasteiger partial charge in [-0.05, 0) is 43.3 Å². The van der Waals surface area contributed by atoms with Crippen molar-refractivity contribution >= 4 is 23.3 Å². The number of aromatic nitrogens is 2. The van der Waals surface area contributed by atoms with E-state index in [0.29, 0.717) is 36.6 Å². The number of nitrogens with two attached hydrogens (primary N) is 1. The molecule has 27 heavy (non-hydrogen) atoms. The topological polar surface area (TPSA) is 111 Å². The van der Waals surface area contributed by atoms with E-state index in [1.165, 1.54) is 0 Å². The first-order valence-electron chi connectivity index (χ1n) is 8.85. The molecular formula is C19H23N5O3. The van der Waals surface area contributed by atoms with Crippen molar-refractivity contribution in [1.29, 1.82) is 0 Å². The van der Waals surface area contributed by atoms with Gasteiger partial charge in [0.2, 0.25) is 0 Å². The van der Waals surface area contributed by atoms with E-state index in [0.717, 1.165) is 24.3 Å². The maximum Gasteiger partial charge on any atom is 0.276 e. The summed E-state index contributed by atoms with van der Waals surface area (Å²) in [4.78, 5) is 24.4. The normalized spacial score (nSPS) is 13.0. The summed E-state index contributed by atoms with van der Waals surface area (Å²) in [6, 6.07) is 8.39. The zero-order valence-electron chi connectivity index (χ0n) is 15.2. The van der Waals surface area contributed by atoms with E-state index in [1.54, 1.807) is 42.1 Å². The van der Waals surface area contributed by atoms with Crippen LogP contribution in [-0.4, -0.2) is 41.3 Å². The van der Waals surface area contributed by atoms with Crippen LogP contribution in [-0.2, 0) is 11.8 Å². The lowest BCUT2D eigenvalue weighted by Gasteiger charge is -2.06. The zero-order valence-corrected chi connectivity index (χ0v) is 15.2. The highest BCUT2D eigenvalue weighted by atomic mass is 16.5. The predicted octanol–water partition coefficient (Wildman–Crippen LogP) is 1.51. The summed E-state index contributed by atoms with van der Waals surface area (Å²) >= 11 is 0. The Kier molecular flexibility index (Phi) is 5.87. The Balaban J connectivity index is 1.62. The summed E-state index contributed by atoms with van der Waals surface area (Å²) in [7, 11) is 1.77. The van der Waals surface area contributed by atoms with E-state index in [2.05, 4.69) is 15.7 Å². The van der Waals surface area contributed by atoms with Crippen molar-refractivity contribution in [1.82, 2.24) is 15.1 Å². The van der Waals surface area contributed by atoms with Crippen molar-refractivity contribution in [2.75, 3.05) is 25.0 Å². The number of rotatable bonds is 7.